The van der Waals surface area contributed by atoms with Gasteiger partial charge in [0, 0.05) is 49.8 Å². The molecule has 3 heterocycles. The summed E-state index contributed by atoms with van der Waals surface area (Å²) >= 11 is 0. The summed E-state index contributed by atoms with van der Waals surface area (Å²) in [4.78, 5) is 32.4. The Balaban J connectivity index is 1.04. The summed E-state index contributed by atoms with van der Waals surface area (Å²) in [6, 6.07) is 15.5. The number of nitrogens with one attached hydrogen (secondary N) is 2. The lowest BCUT2D eigenvalue weighted by Gasteiger charge is -2.36. The lowest BCUT2D eigenvalue weighted by atomic mass is 10.1. The molecule has 1 saturated heterocycles. The Morgan fingerprint density at radius 3 is 2.61 bits per heavy atom. The van der Waals surface area contributed by atoms with Crippen LogP contribution in [0.5, 0.6) is 11.5 Å². The van der Waals surface area contributed by atoms with E-state index in [4.69, 9.17) is 9.47 Å². The van der Waals surface area contributed by atoms with Crippen molar-refractivity contribution < 1.29 is 19.1 Å². The minimum Gasteiger partial charge on any atom is -0.485 e. The molecule has 0 unspecified atom stereocenters. The zero-order valence-electron chi connectivity index (χ0n) is 18.5. The molecule has 2 aliphatic rings. The highest BCUT2D eigenvalue weighted by atomic mass is 16.6. The fourth-order valence-electron chi connectivity index (χ4n) is 4.41. The lowest BCUT2D eigenvalue weighted by Crippen LogP contribution is -2.55. The molecule has 0 radical (unpaired) electrons. The quantitative estimate of drug-likeness (QED) is 0.601. The van der Waals surface area contributed by atoms with E-state index >= 15 is 0 Å². The summed E-state index contributed by atoms with van der Waals surface area (Å²) in [5, 5.41) is 4.21. The summed E-state index contributed by atoms with van der Waals surface area (Å²) < 4.78 is 11.5. The molecular formula is C25H28N4O4. The normalized spacial score (nSPS) is 18.3. The van der Waals surface area contributed by atoms with Gasteiger partial charge in [-0.2, -0.15) is 0 Å². The van der Waals surface area contributed by atoms with E-state index in [9.17, 15) is 9.59 Å². The number of hydrogen-bond donors (Lipinski definition) is 2. The zero-order chi connectivity index (χ0) is 22.6. The third-order valence-electron chi connectivity index (χ3n) is 6.23. The molecule has 0 saturated carbocycles. The van der Waals surface area contributed by atoms with Crippen LogP contribution >= 0.6 is 0 Å². The first-order valence-electron chi connectivity index (χ1n) is 11.4. The fourth-order valence-corrected chi connectivity index (χ4v) is 4.41. The molecule has 172 valence electrons. The maximum Gasteiger partial charge on any atom is 0.267 e. The minimum absolute atomic E-state index is 0.00948. The van der Waals surface area contributed by atoms with Gasteiger partial charge in [0.1, 0.15) is 6.61 Å². The van der Waals surface area contributed by atoms with Crippen LogP contribution < -0.4 is 14.8 Å². The molecule has 8 nitrogen and oxygen atoms in total. The number of aromatic nitrogens is 1. The van der Waals surface area contributed by atoms with Gasteiger partial charge in [0.2, 0.25) is 12.0 Å². The molecule has 1 atom stereocenters. The average Bonchev–Trinajstić information content (AvgIpc) is 3.27. The number of carbonyl (C=O) groups excluding carboxylic acids is 2. The number of benzene rings is 2. The van der Waals surface area contributed by atoms with Gasteiger partial charge in [-0.3, -0.25) is 14.5 Å². The van der Waals surface area contributed by atoms with E-state index in [0.717, 1.165) is 11.9 Å². The van der Waals surface area contributed by atoms with Gasteiger partial charge in [0.05, 0.1) is 6.54 Å². The van der Waals surface area contributed by atoms with Crippen LogP contribution in [-0.4, -0.2) is 78.6 Å². The smallest absolute Gasteiger partial charge is 0.267 e. The number of carbonyl (C=O) groups is 2. The second-order valence-electron chi connectivity index (χ2n) is 8.43. The Kier molecular flexibility index (Phi) is 6.17. The second kappa shape index (κ2) is 9.54. The Hall–Kier alpha value is -3.52. The molecule has 2 aliphatic heterocycles. The molecule has 1 fully saturated rings. The molecule has 0 aliphatic carbocycles. The van der Waals surface area contributed by atoms with E-state index in [1.54, 1.807) is 4.90 Å². The van der Waals surface area contributed by atoms with Crippen molar-refractivity contribution in [1.82, 2.24) is 20.1 Å². The maximum atomic E-state index is 12.9. The number of amides is 2. The van der Waals surface area contributed by atoms with Crippen molar-refractivity contribution in [3.8, 4) is 11.5 Å². The van der Waals surface area contributed by atoms with Gasteiger partial charge in [0.25, 0.3) is 5.91 Å². The number of ether oxygens (including phenoxy) is 2. The van der Waals surface area contributed by atoms with Crippen LogP contribution in [0.25, 0.3) is 10.9 Å². The third kappa shape index (κ3) is 4.80. The molecule has 8 heteroatoms. The fraction of sp³-hybridized carbons (Fsp3) is 0.360. The summed E-state index contributed by atoms with van der Waals surface area (Å²) in [5.41, 5.74) is 2.32. The van der Waals surface area contributed by atoms with Crippen LogP contribution in [0.2, 0.25) is 0 Å². The summed E-state index contributed by atoms with van der Waals surface area (Å²) in [6.07, 6.45) is 2.16. The van der Waals surface area contributed by atoms with E-state index in [0.29, 0.717) is 50.8 Å². The van der Waals surface area contributed by atoms with Crippen molar-refractivity contribution in [2.45, 2.75) is 12.5 Å². The van der Waals surface area contributed by atoms with Crippen LogP contribution in [0.3, 0.4) is 0 Å². The van der Waals surface area contributed by atoms with Crippen LogP contribution in [-0.2, 0) is 16.0 Å². The highest BCUT2D eigenvalue weighted by Gasteiger charge is 2.32. The Morgan fingerprint density at radius 1 is 1.00 bits per heavy atom. The monoisotopic (exact) mass is 448 g/mol. The molecule has 1 aromatic heterocycles. The Bertz CT molecular complexity index is 1140. The standard InChI is InChI=1S/C25H28N4O4/c30-24(26-10-9-18-15-27-20-6-2-1-5-19(18)20)16-28-11-13-29(14-12-28)25(31)23-17-32-21-7-3-4-8-22(21)33-23/h1-8,15,23,27H,9-14,16-17H2,(H,26,30)/t23-/m1/s1. The zero-order valence-corrected chi connectivity index (χ0v) is 18.5. The lowest BCUT2D eigenvalue weighted by molar-refractivity contribution is -0.143. The molecule has 2 N–H and O–H groups in total. The van der Waals surface area contributed by atoms with Gasteiger partial charge in [-0.15, -0.1) is 0 Å². The van der Waals surface area contributed by atoms with Crippen molar-refractivity contribution in [2.24, 2.45) is 0 Å². The molecule has 2 amide bonds. The number of aromatic amines is 1. The molecule has 5 rings (SSSR count). The van der Waals surface area contributed by atoms with E-state index in [1.807, 2.05) is 48.7 Å². The average molecular weight is 449 g/mol. The van der Waals surface area contributed by atoms with E-state index in [1.165, 1.54) is 10.9 Å². The first-order valence-corrected chi connectivity index (χ1v) is 11.4. The third-order valence-corrected chi connectivity index (χ3v) is 6.23. The first kappa shape index (κ1) is 21.3. The SMILES string of the molecule is O=C(CN1CCN(C(=O)[C@H]2COc3ccccc3O2)CC1)NCCc1c[nH]c2ccccc12. The molecule has 2 aromatic carbocycles. The number of H-pyrrole nitrogens is 1. The number of rotatable bonds is 6. The van der Waals surface area contributed by atoms with Crippen molar-refractivity contribution in [2.75, 3.05) is 45.9 Å². The largest absolute Gasteiger partial charge is 0.485 e. The predicted molar refractivity (Wildman–Crippen MR) is 124 cm³/mol. The number of para-hydroxylation sites is 3. The van der Waals surface area contributed by atoms with Gasteiger partial charge in [-0.1, -0.05) is 30.3 Å². The molecule has 0 bridgehead atoms. The maximum absolute atomic E-state index is 12.9. The summed E-state index contributed by atoms with van der Waals surface area (Å²) in [6.45, 7) is 3.62. The number of hydrogen-bond acceptors (Lipinski definition) is 5. The van der Waals surface area contributed by atoms with Gasteiger partial charge < -0.3 is 24.7 Å². The van der Waals surface area contributed by atoms with E-state index in [-0.39, 0.29) is 18.4 Å². The van der Waals surface area contributed by atoms with Crippen LogP contribution in [0, 0.1) is 0 Å². The summed E-state index contributed by atoms with van der Waals surface area (Å²) in [7, 11) is 0. The second-order valence-corrected chi connectivity index (χ2v) is 8.43. The van der Waals surface area contributed by atoms with Crippen LogP contribution in [0.4, 0.5) is 0 Å². The van der Waals surface area contributed by atoms with Crippen molar-refractivity contribution >= 4 is 22.7 Å². The van der Waals surface area contributed by atoms with Gasteiger partial charge in [-0.05, 0) is 30.2 Å². The molecule has 0 spiro atoms. The number of nitrogens with zero attached hydrogens (tertiary/aromatic N) is 2. The van der Waals surface area contributed by atoms with Gasteiger partial charge >= 0.3 is 0 Å². The van der Waals surface area contributed by atoms with Gasteiger partial charge in [0.15, 0.2) is 11.5 Å². The van der Waals surface area contributed by atoms with Crippen LogP contribution in [0.15, 0.2) is 54.7 Å². The molecule has 3 aromatic rings. The van der Waals surface area contributed by atoms with Crippen LogP contribution in [0.1, 0.15) is 5.56 Å². The number of fused-ring (bicyclic) bond motifs is 2. The highest BCUT2D eigenvalue weighted by molar-refractivity contribution is 5.83. The van der Waals surface area contributed by atoms with E-state index in [2.05, 4.69) is 21.3 Å². The topological polar surface area (TPSA) is 86.9 Å². The van der Waals surface area contributed by atoms with Crippen molar-refractivity contribution in [3.05, 3.63) is 60.3 Å². The Morgan fingerprint density at radius 2 is 1.76 bits per heavy atom. The Labute approximate surface area is 192 Å². The van der Waals surface area contributed by atoms with Crippen molar-refractivity contribution in [3.63, 3.8) is 0 Å². The molecule has 33 heavy (non-hydrogen) atoms. The van der Waals surface area contributed by atoms with Gasteiger partial charge in [-0.25, -0.2) is 0 Å². The summed E-state index contributed by atoms with van der Waals surface area (Å²) in [5.74, 6) is 1.22. The minimum atomic E-state index is -0.626. The predicted octanol–water partition coefficient (Wildman–Crippen LogP) is 1.81. The van der Waals surface area contributed by atoms with Crippen molar-refractivity contribution in [1.29, 1.82) is 0 Å². The van der Waals surface area contributed by atoms with E-state index < -0.39 is 6.10 Å². The first-order chi connectivity index (χ1) is 16.2. The highest BCUT2D eigenvalue weighted by Crippen LogP contribution is 2.31. The number of piperazine rings is 1. The molecular weight excluding hydrogens is 420 g/mol.